The number of piperazine rings is 1. The van der Waals surface area contributed by atoms with Crippen molar-refractivity contribution in [1.82, 2.24) is 9.62 Å². The standard InChI is InChI=1S/C18H19BrClN3O3S/c19-14-6-7-17(16(20)12-14)27(25,26)21-13-18(24)23-10-8-22(9-11-23)15-4-2-1-3-5-15/h1-7,12,21H,8-11,13H2. The van der Waals surface area contributed by atoms with E-state index < -0.39 is 10.0 Å². The summed E-state index contributed by atoms with van der Waals surface area (Å²) in [6.07, 6.45) is 0. The first-order valence-corrected chi connectivity index (χ1v) is 11.0. The van der Waals surface area contributed by atoms with Crippen molar-refractivity contribution in [3.63, 3.8) is 0 Å². The van der Waals surface area contributed by atoms with Crippen LogP contribution in [-0.2, 0) is 14.8 Å². The Kier molecular flexibility index (Phi) is 6.41. The number of carbonyl (C=O) groups is 1. The number of nitrogens with zero attached hydrogens (tertiary/aromatic N) is 2. The Balaban J connectivity index is 1.55. The summed E-state index contributed by atoms with van der Waals surface area (Å²) in [7, 11) is -3.86. The Morgan fingerprint density at radius 1 is 1.07 bits per heavy atom. The minimum Gasteiger partial charge on any atom is -0.368 e. The van der Waals surface area contributed by atoms with Crippen LogP contribution in [0.2, 0.25) is 5.02 Å². The molecule has 0 bridgehead atoms. The lowest BCUT2D eigenvalue weighted by Crippen LogP contribution is -2.51. The lowest BCUT2D eigenvalue weighted by Gasteiger charge is -2.36. The SMILES string of the molecule is O=C(CNS(=O)(=O)c1ccc(Br)cc1Cl)N1CCN(c2ccccc2)CC1. The molecular weight excluding hydrogens is 454 g/mol. The Labute approximate surface area is 172 Å². The van der Waals surface area contributed by atoms with Gasteiger partial charge in [-0.15, -0.1) is 0 Å². The monoisotopic (exact) mass is 471 g/mol. The normalized spacial score (nSPS) is 15.0. The number of rotatable bonds is 5. The lowest BCUT2D eigenvalue weighted by atomic mass is 10.2. The third kappa shape index (κ3) is 5.01. The van der Waals surface area contributed by atoms with Gasteiger partial charge >= 0.3 is 0 Å². The summed E-state index contributed by atoms with van der Waals surface area (Å²) in [5.41, 5.74) is 1.12. The van der Waals surface area contributed by atoms with E-state index in [4.69, 9.17) is 11.6 Å². The van der Waals surface area contributed by atoms with Gasteiger partial charge in [0.05, 0.1) is 11.6 Å². The highest BCUT2D eigenvalue weighted by atomic mass is 79.9. The number of hydrogen-bond acceptors (Lipinski definition) is 4. The van der Waals surface area contributed by atoms with E-state index in [0.29, 0.717) is 30.7 Å². The van der Waals surface area contributed by atoms with Crippen LogP contribution in [-0.4, -0.2) is 51.9 Å². The van der Waals surface area contributed by atoms with Gasteiger partial charge in [0.15, 0.2) is 0 Å². The molecule has 1 fully saturated rings. The van der Waals surface area contributed by atoms with E-state index in [9.17, 15) is 13.2 Å². The number of carbonyl (C=O) groups excluding carboxylic acids is 1. The summed E-state index contributed by atoms with van der Waals surface area (Å²) in [5, 5.41) is 0.0980. The maximum atomic E-state index is 12.4. The van der Waals surface area contributed by atoms with Crippen molar-refractivity contribution < 1.29 is 13.2 Å². The molecule has 0 spiro atoms. The second-order valence-corrected chi connectivity index (χ2v) is 9.16. The van der Waals surface area contributed by atoms with Crippen LogP contribution < -0.4 is 9.62 Å². The van der Waals surface area contributed by atoms with Crippen molar-refractivity contribution in [2.24, 2.45) is 0 Å². The molecule has 3 rings (SSSR count). The van der Waals surface area contributed by atoms with Gasteiger partial charge in [0.1, 0.15) is 4.90 Å². The van der Waals surface area contributed by atoms with Crippen LogP contribution in [0.1, 0.15) is 0 Å². The molecule has 1 saturated heterocycles. The molecule has 2 aromatic rings. The van der Waals surface area contributed by atoms with Crippen molar-refractivity contribution in [3.8, 4) is 0 Å². The van der Waals surface area contributed by atoms with Crippen LogP contribution in [0.25, 0.3) is 0 Å². The highest BCUT2D eigenvalue weighted by Gasteiger charge is 2.24. The van der Waals surface area contributed by atoms with E-state index >= 15 is 0 Å². The number of para-hydroxylation sites is 1. The van der Waals surface area contributed by atoms with E-state index in [2.05, 4.69) is 25.6 Å². The maximum Gasteiger partial charge on any atom is 0.242 e. The van der Waals surface area contributed by atoms with Gasteiger partial charge in [-0.25, -0.2) is 13.1 Å². The Morgan fingerprint density at radius 3 is 2.37 bits per heavy atom. The van der Waals surface area contributed by atoms with Crippen molar-refractivity contribution >= 4 is 49.1 Å². The zero-order valence-electron chi connectivity index (χ0n) is 14.4. The molecule has 1 heterocycles. The Morgan fingerprint density at radius 2 is 1.74 bits per heavy atom. The minimum atomic E-state index is -3.86. The molecule has 0 radical (unpaired) electrons. The van der Waals surface area contributed by atoms with Gasteiger partial charge in [-0.05, 0) is 30.3 Å². The molecule has 6 nitrogen and oxygen atoms in total. The lowest BCUT2D eigenvalue weighted by molar-refractivity contribution is -0.130. The van der Waals surface area contributed by atoms with E-state index in [1.54, 1.807) is 11.0 Å². The third-order valence-electron chi connectivity index (χ3n) is 4.35. The molecule has 1 amide bonds. The number of sulfonamides is 1. The molecule has 0 unspecified atom stereocenters. The first kappa shape index (κ1) is 20.1. The highest BCUT2D eigenvalue weighted by molar-refractivity contribution is 9.10. The van der Waals surface area contributed by atoms with Gasteiger partial charge in [0.25, 0.3) is 0 Å². The molecule has 1 N–H and O–H groups in total. The van der Waals surface area contributed by atoms with E-state index in [1.807, 2.05) is 30.3 Å². The van der Waals surface area contributed by atoms with Crippen LogP contribution in [0, 0.1) is 0 Å². The highest BCUT2D eigenvalue weighted by Crippen LogP contribution is 2.25. The molecule has 0 atom stereocenters. The molecule has 0 saturated carbocycles. The van der Waals surface area contributed by atoms with Gasteiger partial charge in [-0.2, -0.15) is 0 Å². The second-order valence-electron chi connectivity index (χ2n) is 6.10. The largest absolute Gasteiger partial charge is 0.368 e. The molecule has 0 aliphatic carbocycles. The van der Waals surface area contributed by atoms with Crippen molar-refractivity contribution in [2.75, 3.05) is 37.6 Å². The minimum absolute atomic E-state index is 0.0472. The topological polar surface area (TPSA) is 69.7 Å². The number of halogens is 2. The fourth-order valence-electron chi connectivity index (χ4n) is 2.89. The van der Waals surface area contributed by atoms with Gasteiger partial charge in [0.2, 0.25) is 15.9 Å². The molecule has 9 heteroatoms. The summed E-state index contributed by atoms with van der Waals surface area (Å²) >= 11 is 9.24. The summed E-state index contributed by atoms with van der Waals surface area (Å²) in [6.45, 7) is 2.23. The van der Waals surface area contributed by atoms with Gasteiger partial charge in [-0.3, -0.25) is 4.79 Å². The van der Waals surface area contributed by atoms with E-state index in [1.165, 1.54) is 12.1 Å². The predicted molar refractivity (Wildman–Crippen MR) is 110 cm³/mol. The summed E-state index contributed by atoms with van der Waals surface area (Å²) in [4.78, 5) is 16.2. The predicted octanol–water partition coefficient (Wildman–Crippen LogP) is 2.73. The Hall–Kier alpha value is -1.61. The quantitative estimate of drug-likeness (QED) is 0.726. The molecule has 144 valence electrons. The van der Waals surface area contributed by atoms with Gasteiger partial charge < -0.3 is 9.80 Å². The zero-order chi connectivity index (χ0) is 19.4. The Bertz CT molecular complexity index is 917. The fourth-order valence-corrected chi connectivity index (χ4v) is 4.90. The first-order chi connectivity index (χ1) is 12.9. The number of anilines is 1. The average molecular weight is 473 g/mol. The molecular formula is C18H19BrClN3O3S. The molecule has 27 heavy (non-hydrogen) atoms. The third-order valence-corrected chi connectivity index (χ3v) is 6.73. The summed E-state index contributed by atoms with van der Waals surface area (Å²) in [6, 6.07) is 14.5. The van der Waals surface area contributed by atoms with Crippen molar-refractivity contribution in [3.05, 3.63) is 58.0 Å². The van der Waals surface area contributed by atoms with E-state index in [-0.39, 0.29) is 22.4 Å². The average Bonchev–Trinajstić information content (AvgIpc) is 2.67. The molecule has 1 aliphatic heterocycles. The molecule has 0 aromatic heterocycles. The molecule has 1 aliphatic rings. The maximum absolute atomic E-state index is 12.4. The van der Waals surface area contributed by atoms with Crippen molar-refractivity contribution in [2.45, 2.75) is 4.90 Å². The van der Waals surface area contributed by atoms with Crippen molar-refractivity contribution in [1.29, 1.82) is 0 Å². The molecule has 2 aromatic carbocycles. The smallest absolute Gasteiger partial charge is 0.242 e. The second kappa shape index (κ2) is 8.60. The van der Waals surface area contributed by atoms with Gasteiger partial charge in [-0.1, -0.05) is 45.7 Å². The van der Waals surface area contributed by atoms with Crippen LogP contribution in [0.4, 0.5) is 5.69 Å². The van der Waals surface area contributed by atoms with Crippen LogP contribution in [0.15, 0.2) is 57.9 Å². The van der Waals surface area contributed by atoms with Crippen LogP contribution >= 0.6 is 27.5 Å². The summed E-state index contributed by atoms with van der Waals surface area (Å²) in [5.74, 6) is -0.250. The zero-order valence-corrected chi connectivity index (χ0v) is 17.6. The van der Waals surface area contributed by atoms with Crippen LogP contribution in [0.5, 0.6) is 0 Å². The first-order valence-electron chi connectivity index (χ1n) is 8.39. The van der Waals surface area contributed by atoms with E-state index in [0.717, 1.165) is 5.69 Å². The fraction of sp³-hybridized carbons (Fsp3) is 0.278. The number of amides is 1. The number of hydrogen-bond donors (Lipinski definition) is 1. The number of benzene rings is 2. The number of nitrogens with one attached hydrogen (secondary N) is 1. The van der Waals surface area contributed by atoms with Gasteiger partial charge in [0, 0.05) is 36.3 Å². The van der Waals surface area contributed by atoms with Crippen LogP contribution in [0.3, 0.4) is 0 Å². The summed E-state index contributed by atoms with van der Waals surface area (Å²) < 4.78 is 27.8.